The monoisotopic (exact) mass is 294 g/mol. The van der Waals surface area contributed by atoms with E-state index in [-0.39, 0.29) is 17.9 Å². The molecule has 0 radical (unpaired) electrons. The van der Waals surface area contributed by atoms with Gasteiger partial charge in [0.05, 0.1) is 12.1 Å². The zero-order valence-corrected chi connectivity index (χ0v) is 12.9. The van der Waals surface area contributed by atoms with Crippen LogP contribution in [0.2, 0.25) is 5.02 Å². The molecule has 1 aliphatic heterocycles. The molecule has 1 amide bonds. The first-order chi connectivity index (χ1) is 9.56. The predicted octanol–water partition coefficient (Wildman–Crippen LogP) is 3.38. The summed E-state index contributed by atoms with van der Waals surface area (Å²) in [5.41, 5.74) is 7.14. The van der Waals surface area contributed by atoms with Crippen molar-refractivity contribution in [3.63, 3.8) is 0 Å². The van der Waals surface area contributed by atoms with Crippen LogP contribution in [0, 0.1) is 5.92 Å². The van der Waals surface area contributed by atoms with E-state index in [9.17, 15) is 4.79 Å². The van der Waals surface area contributed by atoms with Gasteiger partial charge in [0.15, 0.2) is 0 Å². The molecule has 1 saturated heterocycles. The van der Waals surface area contributed by atoms with E-state index in [2.05, 4.69) is 6.92 Å². The summed E-state index contributed by atoms with van der Waals surface area (Å²) in [5.74, 6) is 0.261. The average molecular weight is 295 g/mol. The standard InChI is InChI=1S/C16H23ClN2O/c1-3-11(2)15(18)16(20)19-10-6-9-14(19)12-7-4-5-8-13(12)17/h4-5,7-8,11,14-15H,3,6,9-10,18H2,1-2H3/t11?,14?,15-/m0/s1. The molecule has 0 bridgehead atoms. The fraction of sp³-hybridized carbons (Fsp3) is 0.562. The molecular weight excluding hydrogens is 272 g/mol. The molecule has 20 heavy (non-hydrogen) atoms. The van der Waals surface area contributed by atoms with E-state index in [1.54, 1.807) is 0 Å². The molecule has 1 heterocycles. The first-order valence-electron chi connectivity index (χ1n) is 7.36. The maximum atomic E-state index is 12.6. The van der Waals surface area contributed by atoms with Gasteiger partial charge in [0.25, 0.3) is 0 Å². The minimum Gasteiger partial charge on any atom is -0.334 e. The number of benzene rings is 1. The number of nitrogens with zero attached hydrogens (tertiary/aromatic N) is 1. The van der Waals surface area contributed by atoms with Gasteiger partial charge < -0.3 is 10.6 Å². The minimum atomic E-state index is -0.414. The van der Waals surface area contributed by atoms with Gasteiger partial charge in [-0.1, -0.05) is 50.1 Å². The Labute approximate surface area is 126 Å². The highest BCUT2D eigenvalue weighted by molar-refractivity contribution is 6.31. The number of carbonyl (C=O) groups excluding carboxylic acids is 1. The highest BCUT2D eigenvalue weighted by Crippen LogP contribution is 2.36. The van der Waals surface area contributed by atoms with Crippen molar-refractivity contribution >= 4 is 17.5 Å². The van der Waals surface area contributed by atoms with E-state index in [0.29, 0.717) is 0 Å². The van der Waals surface area contributed by atoms with Crippen molar-refractivity contribution in [2.24, 2.45) is 11.7 Å². The zero-order chi connectivity index (χ0) is 14.7. The SMILES string of the molecule is CCC(C)[C@H](N)C(=O)N1CCCC1c1ccccc1Cl. The Bertz CT molecular complexity index is 477. The third kappa shape index (κ3) is 2.99. The topological polar surface area (TPSA) is 46.3 Å². The molecule has 2 rings (SSSR count). The first kappa shape index (κ1) is 15.3. The van der Waals surface area contributed by atoms with E-state index >= 15 is 0 Å². The summed E-state index contributed by atoms with van der Waals surface area (Å²) in [6.07, 6.45) is 2.88. The molecule has 2 N–H and O–H groups in total. The molecule has 3 nitrogen and oxygen atoms in total. The number of hydrogen-bond acceptors (Lipinski definition) is 2. The lowest BCUT2D eigenvalue weighted by Crippen LogP contribution is -2.46. The lowest BCUT2D eigenvalue weighted by molar-refractivity contribution is -0.134. The summed E-state index contributed by atoms with van der Waals surface area (Å²) in [5, 5.41) is 0.731. The largest absolute Gasteiger partial charge is 0.334 e. The Morgan fingerprint density at radius 3 is 2.85 bits per heavy atom. The van der Waals surface area contributed by atoms with Crippen LogP contribution in [-0.2, 0) is 4.79 Å². The Hall–Kier alpha value is -1.06. The van der Waals surface area contributed by atoms with Crippen LogP contribution in [0.4, 0.5) is 0 Å². The molecular formula is C16H23ClN2O. The van der Waals surface area contributed by atoms with Crippen LogP contribution in [0.15, 0.2) is 24.3 Å². The van der Waals surface area contributed by atoms with Gasteiger partial charge in [0.1, 0.15) is 0 Å². The summed E-state index contributed by atoms with van der Waals surface area (Å²) < 4.78 is 0. The Balaban J connectivity index is 2.19. The maximum Gasteiger partial charge on any atom is 0.240 e. The summed E-state index contributed by atoms with van der Waals surface area (Å²) >= 11 is 6.27. The smallest absolute Gasteiger partial charge is 0.240 e. The van der Waals surface area contributed by atoms with Crippen LogP contribution < -0.4 is 5.73 Å². The van der Waals surface area contributed by atoms with Gasteiger partial charge in [-0.15, -0.1) is 0 Å². The van der Waals surface area contributed by atoms with Gasteiger partial charge in [-0.25, -0.2) is 0 Å². The molecule has 3 atom stereocenters. The van der Waals surface area contributed by atoms with Crippen molar-refractivity contribution in [2.75, 3.05) is 6.54 Å². The van der Waals surface area contributed by atoms with Crippen molar-refractivity contribution in [3.05, 3.63) is 34.9 Å². The molecule has 0 aliphatic carbocycles. The Morgan fingerprint density at radius 2 is 2.20 bits per heavy atom. The number of rotatable bonds is 4. The van der Waals surface area contributed by atoms with Crippen molar-refractivity contribution in [2.45, 2.75) is 45.2 Å². The van der Waals surface area contributed by atoms with Crippen LogP contribution >= 0.6 is 11.6 Å². The van der Waals surface area contributed by atoms with Crippen LogP contribution in [0.3, 0.4) is 0 Å². The normalized spacial score (nSPS) is 21.8. The second kappa shape index (κ2) is 6.59. The van der Waals surface area contributed by atoms with Crippen molar-refractivity contribution < 1.29 is 4.79 Å². The molecule has 1 fully saturated rings. The molecule has 110 valence electrons. The summed E-state index contributed by atoms with van der Waals surface area (Å²) in [6.45, 7) is 4.87. The second-order valence-electron chi connectivity index (χ2n) is 5.62. The molecule has 0 aromatic heterocycles. The molecule has 1 aromatic rings. The second-order valence-corrected chi connectivity index (χ2v) is 6.03. The van der Waals surface area contributed by atoms with Crippen molar-refractivity contribution in [1.29, 1.82) is 0 Å². The third-order valence-electron chi connectivity index (χ3n) is 4.34. The van der Waals surface area contributed by atoms with Gasteiger partial charge in [0.2, 0.25) is 5.91 Å². The zero-order valence-electron chi connectivity index (χ0n) is 12.2. The Kier molecular flexibility index (Phi) is 5.06. The number of likely N-dealkylation sites (tertiary alicyclic amines) is 1. The fourth-order valence-electron chi connectivity index (χ4n) is 2.79. The highest BCUT2D eigenvalue weighted by atomic mass is 35.5. The first-order valence-corrected chi connectivity index (χ1v) is 7.74. The van der Waals surface area contributed by atoms with E-state index in [1.807, 2.05) is 36.1 Å². The minimum absolute atomic E-state index is 0.0572. The van der Waals surface area contributed by atoms with Crippen molar-refractivity contribution in [1.82, 2.24) is 4.90 Å². The van der Waals surface area contributed by atoms with Gasteiger partial charge in [-0.2, -0.15) is 0 Å². The number of nitrogens with two attached hydrogens (primary N) is 1. The lowest BCUT2D eigenvalue weighted by Gasteiger charge is -2.30. The van der Waals surface area contributed by atoms with Crippen LogP contribution in [0.25, 0.3) is 0 Å². The quantitative estimate of drug-likeness (QED) is 0.925. The molecule has 4 heteroatoms. The molecule has 1 aromatic carbocycles. The maximum absolute atomic E-state index is 12.6. The van der Waals surface area contributed by atoms with Gasteiger partial charge in [-0.3, -0.25) is 4.79 Å². The molecule has 2 unspecified atom stereocenters. The molecule has 0 saturated carbocycles. The van der Waals surface area contributed by atoms with Gasteiger partial charge >= 0.3 is 0 Å². The summed E-state index contributed by atoms with van der Waals surface area (Å²) in [4.78, 5) is 14.5. The molecule has 1 aliphatic rings. The number of carbonyl (C=O) groups is 1. The third-order valence-corrected chi connectivity index (χ3v) is 4.69. The number of amides is 1. The van der Waals surface area contributed by atoms with Crippen LogP contribution in [0.1, 0.15) is 44.7 Å². The number of hydrogen-bond donors (Lipinski definition) is 1. The van der Waals surface area contributed by atoms with Crippen LogP contribution in [0.5, 0.6) is 0 Å². The van der Waals surface area contributed by atoms with E-state index in [1.165, 1.54) is 0 Å². The summed E-state index contributed by atoms with van der Waals surface area (Å²) in [6, 6.07) is 7.43. The average Bonchev–Trinajstić information content (AvgIpc) is 2.94. The highest BCUT2D eigenvalue weighted by Gasteiger charge is 2.34. The fourth-order valence-corrected chi connectivity index (χ4v) is 3.05. The Morgan fingerprint density at radius 1 is 1.50 bits per heavy atom. The van der Waals surface area contributed by atoms with Gasteiger partial charge in [-0.05, 0) is 30.4 Å². The van der Waals surface area contributed by atoms with Crippen LogP contribution in [-0.4, -0.2) is 23.4 Å². The number of halogens is 1. The summed E-state index contributed by atoms with van der Waals surface area (Å²) in [7, 11) is 0. The van der Waals surface area contributed by atoms with E-state index < -0.39 is 6.04 Å². The van der Waals surface area contributed by atoms with E-state index in [4.69, 9.17) is 17.3 Å². The van der Waals surface area contributed by atoms with Gasteiger partial charge in [0, 0.05) is 11.6 Å². The predicted molar refractivity (Wildman–Crippen MR) is 82.6 cm³/mol. The molecule has 0 spiro atoms. The lowest BCUT2D eigenvalue weighted by atomic mass is 9.97. The van der Waals surface area contributed by atoms with Crippen molar-refractivity contribution in [3.8, 4) is 0 Å². The van der Waals surface area contributed by atoms with E-state index in [0.717, 1.165) is 36.4 Å².